The number of H-pyrrole nitrogens is 1. The van der Waals surface area contributed by atoms with Gasteiger partial charge in [-0.1, -0.05) is 6.42 Å². The molecule has 2 heterocycles. The number of phenols is 1. The van der Waals surface area contributed by atoms with Crippen LogP contribution in [0.4, 0.5) is 5.69 Å². The normalized spacial score (nSPS) is 15.9. The molecule has 0 radical (unpaired) electrons. The summed E-state index contributed by atoms with van der Waals surface area (Å²) in [7, 11) is 0. The van der Waals surface area contributed by atoms with E-state index in [0.29, 0.717) is 28.9 Å². The summed E-state index contributed by atoms with van der Waals surface area (Å²) in [5.41, 5.74) is 1.52. The highest BCUT2D eigenvalue weighted by molar-refractivity contribution is 7.81. The molecule has 1 amide bonds. The molecule has 2 atom stereocenters. The molecule has 0 spiro atoms. The standard InChI is InChI=1S/C22H30N2O4S2/c25-18-14-20-19(27-22(28-20)9-3-5-15-6-4-11-23-15)13-17(18)24-21(26)8-2-1-7-16(30)10-12-29/h4,6,11,13-14,16,22-23,25,29-30H,1-3,5,7-10,12H2,(H,24,26). The molecular formula is C22H30N2O4S2. The summed E-state index contributed by atoms with van der Waals surface area (Å²) in [6.07, 6.45) is 8.15. The number of thiol groups is 2. The molecule has 1 aromatic heterocycles. The van der Waals surface area contributed by atoms with Crippen molar-refractivity contribution in [3.05, 3.63) is 36.2 Å². The minimum absolute atomic E-state index is 0.0260. The Morgan fingerprint density at radius 2 is 2.00 bits per heavy atom. The molecule has 0 bridgehead atoms. The van der Waals surface area contributed by atoms with Crippen LogP contribution in [-0.2, 0) is 11.2 Å². The average molecular weight is 451 g/mol. The number of aromatic hydroxyl groups is 1. The van der Waals surface area contributed by atoms with Crippen molar-refractivity contribution in [3.8, 4) is 17.2 Å². The average Bonchev–Trinajstić information content (AvgIpc) is 3.35. The van der Waals surface area contributed by atoms with Crippen molar-refractivity contribution in [3.63, 3.8) is 0 Å². The van der Waals surface area contributed by atoms with Crippen LogP contribution < -0.4 is 14.8 Å². The van der Waals surface area contributed by atoms with Gasteiger partial charge in [-0.25, -0.2) is 0 Å². The maximum Gasteiger partial charge on any atom is 0.241 e. The number of carbonyl (C=O) groups is 1. The number of ether oxygens (including phenoxy) is 2. The first-order valence-electron chi connectivity index (χ1n) is 10.5. The van der Waals surface area contributed by atoms with E-state index in [2.05, 4.69) is 41.6 Å². The SMILES string of the molecule is O=C(CCCCC(S)CCS)Nc1cc2c(cc1O)OC(CCCc1ccc[nH]1)O2. The van der Waals surface area contributed by atoms with Gasteiger partial charge in [0.25, 0.3) is 0 Å². The molecule has 8 heteroatoms. The number of phenolic OH excluding ortho intramolecular Hbond substituents is 1. The summed E-state index contributed by atoms with van der Waals surface area (Å²) in [5.74, 6) is 1.71. The molecule has 0 fully saturated rings. The third kappa shape index (κ3) is 6.80. The third-order valence-electron chi connectivity index (χ3n) is 5.05. The molecule has 1 aliphatic heterocycles. The number of fused-ring (bicyclic) bond motifs is 1. The van der Waals surface area contributed by atoms with Gasteiger partial charge >= 0.3 is 0 Å². The van der Waals surface area contributed by atoms with Crippen molar-refractivity contribution in [2.45, 2.75) is 62.9 Å². The molecule has 0 saturated heterocycles. The van der Waals surface area contributed by atoms with Crippen LogP contribution in [0.25, 0.3) is 0 Å². The first-order chi connectivity index (χ1) is 14.5. The molecule has 0 saturated carbocycles. The van der Waals surface area contributed by atoms with Gasteiger partial charge in [0, 0.05) is 42.1 Å². The highest BCUT2D eigenvalue weighted by atomic mass is 32.1. The van der Waals surface area contributed by atoms with Gasteiger partial charge in [0.1, 0.15) is 5.75 Å². The number of carbonyl (C=O) groups excluding carboxylic acids is 1. The number of unbranched alkanes of at least 4 members (excludes halogenated alkanes) is 1. The lowest BCUT2D eigenvalue weighted by Gasteiger charge is -2.10. The highest BCUT2D eigenvalue weighted by Gasteiger charge is 2.26. The van der Waals surface area contributed by atoms with Crippen LogP contribution in [0.15, 0.2) is 30.5 Å². The number of rotatable bonds is 12. The summed E-state index contributed by atoms with van der Waals surface area (Å²) in [5, 5.41) is 13.3. The largest absolute Gasteiger partial charge is 0.506 e. The number of hydrogen-bond acceptors (Lipinski definition) is 6. The van der Waals surface area contributed by atoms with E-state index in [1.165, 1.54) is 11.8 Å². The number of amides is 1. The molecule has 0 aliphatic carbocycles. The highest BCUT2D eigenvalue weighted by Crippen LogP contribution is 2.42. The quantitative estimate of drug-likeness (QED) is 0.180. The molecule has 3 rings (SSSR count). The molecule has 30 heavy (non-hydrogen) atoms. The zero-order valence-corrected chi connectivity index (χ0v) is 18.8. The number of hydrogen-bond donors (Lipinski definition) is 5. The van der Waals surface area contributed by atoms with Crippen LogP contribution in [0, 0.1) is 0 Å². The van der Waals surface area contributed by atoms with Gasteiger partial charge in [-0.15, -0.1) is 0 Å². The van der Waals surface area contributed by atoms with E-state index in [0.717, 1.165) is 50.7 Å². The molecule has 2 aromatic rings. The molecule has 2 unspecified atom stereocenters. The zero-order chi connectivity index (χ0) is 21.3. The maximum atomic E-state index is 12.2. The number of anilines is 1. The molecule has 1 aromatic carbocycles. The van der Waals surface area contributed by atoms with Crippen LogP contribution in [0.1, 0.15) is 50.6 Å². The Labute approximate surface area is 188 Å². The van der Waals surface area contributed by atoms with Crippen molar-refractivity contribution < 1.29 is 19.4 Å². The fraction of sp³-hybridized carbons (Fsp3) is 0.500. The van der Waals surface area contributed by atoms with Crippen LogP contribution in [-0.4, -0.2) is 33.3 Å². The topological polar surface area (TPSA) is 83.6 Å². The van der Waals surface area contributed by atoms with Gasteiger partial charge in [0.2, 0.25) is 12.2 Å². The van der Waals surface area contributed by atoms with Crippen molar-refractivity contribution in [2.75, 3.05) is 11.1 Å². The van der Waals surface area contributed by atoms with E-state index >= 15 is 0 Å². The van der Waals surface area contributed by atoms with Crippen molar-refractivity contribution in [2.24, 2.45) is 0 Å². The Kier molecular flexibility index (Phi) is 8.69. The number of benzene rings is 1. The Bertz CT molecular complexity index is 814. The van der Waals surface area contributed by atoms with Crippen LogP contribution in [0.5, 0.6) is 17.2 Å². The minimum Gasteiger partial charge on any atom is -0.506 e. The molecule has 164 valence electrons. The second-order valence-electron chi connectivity index (χ2n) is 7.53. The van der Waals surface area contributed by atoms with Gasteiger partial charge in [-0.3, -0.25) is 4.79 Å². The molecular weight excluding hydrogens is 420 g/mol. The lowest BCUT2D eigenvalue weighted by molar-refractivity contribution is -0.116. The maximum absolute atomic E-state index is 12.2. The predicted octanol–water partition coefficient (Wildman–Crippen LogP) is 4.96. The van der Waals surface area contributed by atoms with Crippen LogP contribution in [0.2, 0.25) is 0 Å². The zero-order valence-electron chi connectivity index (χ0n) is 17.0. The summed E-state index contributed by atoms with van der Waals surface area (Å²) in [4.78, 5) is 15.4. The fourth-order valence-corrected chi connectivity index (χ4v) is 4.24. The van der Waals surface area contributed by atoms with E-state index in [4.69, 9.17) is 9.47 Å². The lowest BCUT2D eigenvalue weighted by Crippen LogP contribution is -2.17. The van der Waals surface area contributed by atoms with Crippen LogP contribution >= 0.6 is 25.3 Å². The number of nitrogens with one attached hydrogen (secondary N) is 2. The predicted molar refractivity (Wildman–Crippen MR) is 125 cm³/mol. The Morgan fingerprint density at radius 3 is 2.73 bits per heavy atom. The Balaban J connectivity index is 1.43. The van der Waals surface area contributed by atoms with E-state index in [1.807, 2.05) is 12.3 Å². The lowest BCUT2D eigenvalue weighted by atomic mass is 10.1. The summed E-state index contributed by atoms with van der Waals surface area (Å²) < 4.78 is 11.6. The molecule has 6 nitrogen and oxygen atoms in total. The van der Waals surface area contributed by atoms with Gasteiger partial charge in [-0.2, -0.15) is 25.3 Å². The van der Waals surface area contributed by atoms with E-state index in [1.54, 1.807) is 6.07 Å². The first-order valence-corrected chi connectivity index (χ1v) is 11.6. The van der Waals surface area contributed by atoms with Crippen molar-refractivity contribution >= 4 is 36.9 Å². The van der Waals surface area contributed by atoms with E-state index in [9.17, 15) is 9.90 Å². The van der Waals surface area contributed by atoms with Gasteiger partial charge in [0.05, 0.1) is 5.69 Å². The fourth-order valence-electron chi connectivity index (χ4n) is 3.41. The number of aryl methyl sites for hydroxylation is 1. The van der Waals surface area contributed by atoms with Gasteiger partial charge in [0.15, 0.2) is 11.5 Å². The van der Waals surface area contributed by atoms with Crippen LogP contribution in [0.3, 0.4) is 0 Å². The molecule has 1 aliphatic rings. The number of aromatic nitrogens is 1. The van der Waals surface area contributed by atoms with Gasteiger partial charge < -0.3 is 24.9 Å². The minimum atomic E-state index is -0.383. The summed E-state index contributed by atoms with van der Waals surface area (Å²) >= 11 is 8.71. The third-order valence-corrected chi connectivity index (χ3v) is 5.83. The first kappa shape index (κ1) is 22.7. The van der Waals surface area contributed by atoms with E-state index in [-0.39, 0.29) is 17.9 Å². The number of aromatic amines is 1. The Hall–Kier alpha value is -1.93. The second-order valence-corrected chi connectivity index (χ2v) is 8.71. The summed E-state index contributed by atoms with van der Waals surface area (Å²) in [6, 6.07) is 7.16. The van der Waals surface area contributed by atoms with E-state index < -0.39 is 0 Å². The second kappa shape index (κ2) is 11.5. The Morgan fingerprint density at radius 1 is 1.20 bits per heavy atom. The summed E-state index contributed by atoms with van der Waals surface area (Å²) in [6.45, 7) is 0. The van der Waals surface area contributed by atoms with Crippen molar-refractivity contribution in [1.82, 2.24) is 4.98 Å². The molecule has 3 N–H and O–H groups in total. The monoisotopic (exact) mass is 450 g/mol. The van der Waals surface area contributed by atoms with Gasteiger partial charge in [-0.05, 0) is 50.0 Å². The smallest absolute Gasteiger partial charge is 0.241 e. The van der Waals surface area contributed by atoms with Crippen molar-refractivity contribution in [1.29, 1.82) is 0 Å².